The van der Waals surface area contributed by atoms with E-state index in [1.54, 1.807) is 43.5 Å². The number of hydrogen-bond donors (Lipinski definition) is 1. The smallest absolute Gasteiger partial charge is 0.274 e. The minimum atomic E-state index is -0.367. The summed E-state index contributed by atoms with van der Waals surface area (Å²) in [6.07, 6.45) is 1.50. The lowest BCUT2D eigenvalue weighted by atomic mass is 10.1. The second kappa shape index (κ2) is 8.64. The number of nitrogens with one attached hydrogen (secondary N) is 1. The van der Waals surface area contributed by atoms with Gasteiger partial charge in [0.2, 0.25) is 0 Å². The summed E-state index contributed by atoms with van der Waals surface area (Å²) >= 11 is 0. The summed E-state index contributed by atoms with van der Waals surface area (Å²) in [5.41, 5.74) is 1.29. The minimum absolute atomic E-state index is 0.0661. The van der Waals surface area contributed by atoms with Crippen molar-refractivity contribution in [2.24, 2.45) is 0 Å². The van der Waals surface area contributed by atoms with Crippen molar-refractivity contribution < 1.29 is 14.3 Å². The number of benzene rings is 1. The van der Waals surface area contributed by atoms with Crippen LogP contribution in [0.15, 0.2) is 42.6 Å². The summed E-state index contributed by atoms with van der Waals surface area (Å²) in [7, 11) is 1.57. The molecule has 7 nitrogen and oxygen atoms in total. The molecule has 1 aromatic heterocycles. The molecule has 0 bridgehead atoms. The Hall–Kier alpha value is -2.93. The van der Waals surface area contributed by atoms with Crippen LogP contribution in [-0.4, -0.2) is 66.4 Å². The third kappa shape index (κ3) is 4.62. The maximum Gasteiger partial charge on any atom is 0.274 e. The molecule has 2 aromatic rings. The van der Waals surface area contributed by atoms with E-state index in [1.807, 2.05) is 4.90 Å². The largest absolute Gasteiger partial charge is 0.497 e. The maximum atomic E-state index is 12.7. The van der Waals surface area contributed by atoms with Gasteiger partial charge < -0.3 is 19.9 Å². The van der Waals surface area contributed by atoms with E-state index < -0.39 is 0 Å². The fraction of sp³-hybridized carbons (Fsp3) is 0.350. The number of piperazine rings is 1. The van der Waals surface area contributed by atoms with Crippen LogP contribution in [0.5, 0.6) is 5.75 Å². The number of methoxy groups -OCH3 is 1. The molecule has 0 atom stereocenters. The molecule has 0 aliphatic carbocycles. The predicted octanol–water partition coefficient (Wildman–Crippen LogP) is 2.12. The number of rotatable bonds is 5. The summed E-state index contributed by atoms with van der Waals surface area (Å²) in [6, 6.07) is 10.3. The van der Waals surface area contributed by atoms with E-state index in [9.17, 15) is 9.59 Å². The standard InChI is InChI=1S/C20H24N4O3/c1-3-23-9-11-24(12-10-23)20(26)15-7-8-21-18(13-15)19(25)22-16-5-4-6-17(14-16)27-2/h4-8,13-14H,3,9-12H2,1-2H3,(H,22,25). The molecular formula is C20H24N4O3. The van der Waals surface area contributed by atoms with Crippen LogP contribution in [0.1, 0.15) is 27.8 Å². The van der Waals surface area contributed by atoms with E-state index in [0.29, 0.717) is 30.1 Å². The molecule has 0 radical (unpaired) electrons. The molecule has 7 heteroatoms. The molecule has 1 aliphatic heterocycles. The molecule has 1 saturated heterocycles. The van der Waals surface area contributed by atoms with Crippen molar-refractivity contribution in [1.82, 2.24) is 14.8 Å². The van der Waals surface area contributed by atoms with Crippen LogP contribution >= 0.6 is 0 Å². The van der Waals surface area contributed by atoms with Gasteiger partial charge in [-0.1, -0.05) is 13.0 Å². The van der Waals surface area contributed by atoms with Crippen LogP contribution in [0.2, 0.25) is 0 Å². The van der Waals surface area contributed by atoms with Gasteiger partial charge in [0.15, 0.2) is 0 Å². The van der Waals surface area contributed by atoms with Gasteiger partial charge in [-0.05, 0) is 30.8 Å². The summed E-state index contributed by atoms with van der Waals surface area (Å²) < 4.78 is 5.15. The first-order valence-corrected chi connectivity index (χ1v) is 9.04. The number of hydrogen-bond acceptors (Lipinski definition) is 5. The average molecular weight is 368 g/mol. The first kappa shape index (κ1) is 18.8. The Morgan fingerprint density at radius 1 is 1.15 bits per heavy atom. The number of carbonyl (C=O) groups excluding carboxylic acids is 2. The molecule has 2 amide bonds. The van der Waals surface area contributed by atoms with Crippen molar-refractivity contribution in [2.75, 3.05) is 45.2 Å². The van der Waals surface area contributed by atoms with Gasteiger partial charge >= 0.3 is 0 Å². The number of aromatic nitrogens is 1. The van der Waals surface area contributed by atoms with Crippen molar-refractivity contribution in [3.05, 3.63) is 53.9 Å². The van der Waals surface area contributed by atoms with Gasteiger partial charge in [0.1, 0.15) is 11.4 Å². The van der Waals surface area contributed by atoms with E-state index in [4.69, 9.17) is 4.74 Å². The van der Waals surface area contributed by atoms with Gasteiger partial charge in [-0.25, -0.2) is 0 Å². The average Bonchev–Trinajstić information content (AvgIpc) is 2.73. The van der Waals surface area contributed by atoms with Crippen molar-refractivity contribution >= 4 is 17.5 Å². The molecule has 0 spiro atoms. The number of ether oxygens (including phenoxy) is 1. The van der Waals surface area contributed by atoms with Gasteiger partial charge in [0.25, 0.3) is 11.8 Å². The fourth-order valence-corrected chi connectivity index (χ4v) is 3.03. The summed E-state index contributed by atoms with van der Waals surface area (Å²) in [5.74, 6) is 0.216. The van der Waals surface area contributed by atoms with Crippen molar-refractivity contribution in [3.8, 4) is 5.75 Å². The van der Waals surface area contributed by atoms with Crippen molar-refractivity contribution in [1.29, 1.82) is 0 Å². The number of pyridine rings is 1. The Labute approximate surface area is 158 Å². The molecular weight excluding hydrogens is 344 g/mol. The molecule has 1 fully saturated rings. The van der Waals surface area contributed by atoms with E-state index in [0.717, 1.165) is 19.6 Å². The Kier molecular flexibility index (Phi) is 6.03. The first-order valence-electron chi connectivity index (χ1n) is 9.04. The number of amides is 2. The number of likely N-dealkylation sites (N-methyl/N-ethyl adjacent to an activating group) is 1. The molecule has 1 aromatic carbocycles. The second-order valence-electron chi connectivity index (χ2n) is 6.34. The lowest BCUT2D eigenvalue weighted by Crippen LogP contribution is -2.48. The van der Waals surface area contributed by atoms with Crippen LogP contribution in [0.25, 0.3) is 0 Å². The first-order chi connectivity index (χ1) is 13.1. The van der Waals surface area contributed by atoms with Crippen molar-refractivity contribution in [3.63, 3.8) is 0 Å². The van der Waals surface area contributed by atoms with Gasteiger partial charge in [-0.3, -0.25) is 14.6 Å². The number of anilines is 1. The third-order valence-electron chi connectivity index (χ3n) is 4.67. The van der Waals surface area contributed by atoms with Crippen molar-refractivity contribution in [2.45, 2.75) is 6.92 Å². The minimum Gasteiger partial charge on any atom is -0.497 e. The highest BCUT2D eigenvalue weighted by Crippen LogP contribution is 2.17. The summed E-state index contributed by atoms with van der Waals surface area (Å²) in [5, 5.41) is 2.78. The Morgan fingerprint density at radius 2 is 1.93 bits per heavy atom. The Balaban J connectivity index is 1.69. The highest BCUT2D eigenvalue weighted by atomic mass is 16.5. The van der Waals surface area contributed by atoms with Gasteiger partial charge in [-0.15, -0.1) is 0 Å². The quantitative estimate of drug-likeness (QED) is 0.875. The lowest BCUT2D eigenvalue weighted by molar-refractivity contribution is 0.0643. The van der Waals surface area contributed by atoms with Crippen LogP contribution in [0.4, 0.5) is 5.69 Å². The zero-order valence-electron chi connectivity index (χ0n) is 15.6. The molecule has 1 aliphatic rings. The molecule has 0 unspecified atom stereocenters. The molecule has 2 heterocycles. The Morgan fingerprint density at radius 3 is 2.63 bits per heavy atom. The molecule has 27 heavy (non-hydrogen) atoms. The topological polar surface area (TPSA) is 74.8 Å². The zero-order valence-corrected chi connectivity index (χ0v) is 15.6. The van der Waals surface area contributed by atoms with Crippen LogP contribution in [0.3, 0.4) is 0 Å². The zero-order chi connectivity index (χ0) is 19.2. The highest BCUT2D eigenvalue weighted by Gasteiger charge is 2.22. The fourth-order valence-electron chi connectivity index (χ4n) is 3.03. The van der Waals surface area contributed by atoms with E-state index >= 15 is 0 Å². The SMILES string of the molecule is CCN1CCN(C(=O)c2ccnc(C(=O)Nc3cccc(OC)c3)c2)CC1. The van der Waals surface area contributed by atoms with E-state index in [-0.39, 0.29) is 17.5 Å². The van der Waals surface area contributed by atoms with Crippen LogP contribution in [-0.2, 0) is 0 Å². The van der Waals surface area contributed by atoms with E-state index in [1.165, 1.54) is 6.20 Å². The summed E-state index contributed by atoms with van der Waals surface area (Å²) in [4.78, 5) is 33.5. The maximum absolute atomic E-state index is 12.7. The van der Waals surface area contributed by atoms with Crippen LogP contribution in [0, 0.1) is 0 Å². The monoisotopic (exact) mass is 368 g/mol. The lowest BCUT2D eigenvalue weighted by Gasteiger charge is -2.34. The molecule has 1 N–H and O–H groups in total. The molecule has 0 saturated carbocycles. The second-order valence-corrected chi connectivity index (χ2v) is 6.34. The summed E-state index contributed by atoms with van der Waals surface area (Å²) in [6.45, 7) is 6.24. The molecule has 142 valence electrons. The third-order valence-corrected chi connectivity index (χ3v) is 4.67. The Bertz CT molecular complexity index is 816. The predicted molar refractivity (Wildman–Crippen MR) is 103 cm³/mol. The highest BCUT2D eigenvalue weighted by molar-refractivity contribution is 6.04. The van der Waals surface area contributed by atoms with Gasteiger partial charge in [0, 0.05) is 49.7 Å². The number of carbonyl (C=O) groups is 2. The van der Waals surface area contributed by atoms with Gasteiger partial charge in [0.05, 0.1) is 7.11 Å². The van der Waals surface area contributed by atoms with Crippen LogP contribution < -0.4 is 10.1 Å². The normalized spacial score (nSPS) is 14.7. The van der Waals surface area contributed by atoms with Gasteiger partial charge in [-0.2, -0.15) is 0 Å². The van der Waals surface area contributed by atoms with E-state index in [2.05, 4.69) is 22.1 Å². The number of nitrogens with zero attached hydrogens (tertiary/aromatic N) is 3. The molecule has 3 rings (SSSR count).